The summed E-state index contributed by atoms with van der Waals surface area (Å²) in [4.78, 5) is 190. The van der Waals surface area contributed by atoms with Gasteiger partial charge in [-0.15, -0.1) is 11.6 Å². The van der Waals surface area contributed by atoms with Crippen LogP contribution in [0.5, 0.6) is 0 Å². The summed E-state index contributed by atoms with van der Waals surface area (Å²) in [6, 6.07) is -11.3. The number of hydrogen-bond donors (Lipinski definition) is 3. The molecule has 1 spiro atoms. The number of rotatable bonds is 14. The second-order valence-corrected chi connectivity index (χ2v) is 29.6. The van der Waals surface area contributed by atoms with Crippen LogP contribution in [0.25, 0.3) is 0 Å². The van der Waals surface area contributed by atoms with E-state index in [0.717, 1.165) is 9.80 Å². The van der Waals surface area contributed by atoms with Crippen molar-refractivity contribution in [1.82, 2.24) is 60.0 Å². The minimum absolute atomic E-state index is 0.0176. The van der Waals surface area contributed by atoms with E-state index in [2.05, 4.69) is 16.0 Å². The van der Waals surface area contributed by atoms with Gasteiger partial charge in [-0.2, -0.15) is 13.2 Å². The van der Waals surface area contributed by atoms with Crippen molar-refractivity contribution in [1.29, 1.82) is 0 Å². The zero-order valence-electron chi connectivity index (χ0n) is 60.8. The van der Waals surface area contributed by atoms with E-state index in [4.69, 9.17) is 21.1 Å². The van der Waals surface area contributed by atoms with Crippen LogP contribution >= 0.6 is 11.6 Å². The van der Waals surface area contributed by atoms with E-state index in [1.165, 1.54) is 83.5 Å². The number of morpholine rings is 1. The average molecular weight is 1430 g/mol. The molecule has 3 unspecified atom stereocenters. The lowest BCUT2D eigenvalue weighted by Crippen LogP contribution is -2.65. The molecule has 0 aromatic rings. The Hall–Kier alpha value is -6.36. The highest BCUT2D eigenvalue weighted by atomic mass is 35.5. The minimum atomic E-state index is -4.52. The van der Waals surface area contributed by atoms with Crippen LogP contribution < -0.4 is 16.0 Å². The molecule has 2 saturated carbocycles. The Balaban J connectivity index is 1.42. The van der Waals surface area contributed by atoms with Crippen molar-refractivity contribution in [3.05, 3.63) is 0 Å². The monoisotopic (exact) mass is 1420 g/mol. The van der Waals surface area contributed by atoms with Crippen LogP contribution in [-0.2, 0) is 67.0 Å². The molecular weight excluding hydrogens is 1310 g/mol. The van der Waals surface area contributed by atoms with Gasteiger partial charge in [0.1, 0.15) is 59.9 Å². The summed E-state index contributed by atoms with van der Waals surface area (Å²) in [7, 11) is 8.38. The van der Waals surface area contributed by atoms with Gasteiger partial charge in [0, 0.05) is 80.4 Å². The third-order valence-corrected chi connectivity index (χ3v) is 22.3. The number of alkyl halides is 4. The Kier molecular flexibility index (Phi) is 29.7. The molecule has 0 aromatic carbocycles. The summed E-state index contributed by atoms with van der Waals surface area (Å²) in [5.74, 6) is -11.4. The smallest absolute Gasteiger partial charge is 0.379 e. The zero-order chi connectivity index (χ0) is 73.7. The van der Waals surface area contributed by atoms with Gasteiger partial charge in [0.05, 0.1) is 38.7 Å². The molecule has 0 radical (unpaired) electrons. The Bertz CT molecular complexity index is 2880. The van der Waals surface area contributed by atoms with E-state index < -0.39 is 173 Å². The molecule has 4 saturated heterocycles. The molecule has 26 nitrogen and oxygen atoms in total. The standard InChI is InChI=1S/C69H112ClF3N12O14/c1-15-33-99-40-53-62(92)77(9)39-54(86)74-48(25-23-45-22-24-46(47(70)37-45)69(71,72)73)61(91)84-29-20-21-49(84)59(89)76-68(27-18-19-28-68)67(97)82(14)57(43(7)17-3)66(96)80(12)52(64(94)83-31-34-98-35-32-83)38-55(87)79(11)51(36-41(4)5)58(88)75-56(42(6)16-2)65(95)78(10)44(8)60(90)85-30-26-50(85)63(93)81(53)13/h41-53,56-57H,15-40H2,1-14H3,(H,74,86)(H,75,88)(H,76,89)/t42-,43-,44-,45?,46?,47?,48-,49-,50-,51-,52-,53-,56-,57-/m0/s1. The number of hydrogen-bond acceptors (Lipinski definition) is 14. The summed E-state index contributed by atoms with van der Waals surface area (Å²) in [5, 5.41) is 7.49. The third-order valence-electron chi connectivity index (χ3n) is 21.8. The van der Waals surface area contributed by atoms with Gasteiger partial charge in [0.25, 0.3) is 0 Å². The zero-order valence-corrected chi connectivity index (χ0v) is 61.6. The van der Waals surface area contributed by atoms with Crippen LogP contribution in [-0.4, -0.2) is 288 Å². The maximum atomic E-state index is 15.5. The van der Waals surface area contributed by atoms with E-state index in [-0.39, 0.29) is 129 Å². The van der Waals surface area contributed by atoms with Crippen molar-refractivity contribution in [2.24, 2.45) is 29.6 Å². The third kappa shape index (κ3) is 19.6. The van der Waals surface area contributed by atoms with Gasteiger partial charge in [-0.05, 0) is 108 Å². The Labute approximate surface area is 587 Å². The Morgan fingerprint density at radius 3 is 1.88 bits per heavy atom. The second kappa shape index (κ2) is 36.0. The van der Waals surface area contributed by atoms with Crippen molar-refractivity contribution in [2.45, 2.75) is 236 Å². The van der Waals surface area contributed by atoms with E-state index in [0.29, 0.717) is 38.5 Å². The molecule has 560 valence electrons. The van der Waals surface area contributed by atoms with Crippen LogP contribution in [0.15, 0.2) is 0 Å². The van der Waals surface area contributed by atoms with Crippen LogP contribution in [0.3, 0.4) is 0 Å². The summed E-state index contributed by atoms with van der Waals surface area (Å²) >= 11 is 6.38. The van der Waals surface area contributed by atoms with Crippen molar-refractivity contribution in [3.8, 4) is 0 Å². The highest BCUT2D eigenvalue weighted by molar-refractivity contribution is 6.21. The predicted octanol–water partition coefficient (Wildman–Crippen LogP) is 3.78. The van der Waals surface area contributed by atoms with Crippen molar-refractivity contribution < 1.29 is 80.2 Å². The number of likely N-dealkylation sites (N-methyl/N-ethyl adjacent to an activating group) is 6. The molecule has 6 aliphatic rings. The highest BCUT2D eigenvalue weighted by Crippen LogP contribution is 2.44. The maximum absolute atomic E-state index is 15.5. The lowest BCUT2D eigenvalue weighted by atomic mass is 9.78. The fourth-order valence-corrected chi connectivity index (χ4v) is 15.3. The van der Waals surface area contributed by atoms with Gasteiger partial charge >= 0.3 is 6.18 Å². The fourth-order valence-electron chi connectivity index (χ4n) is 14.8. The molecular formula is C69H112ClF3N12O14. The van der Waals surface area contributed by atoms with Crippen LogP contribution in [0.1, 0.15) is 165 Å². The number of halogens is 4. The van der Waals surface area contributed by atoms with Gasteiger partial charge in [-0.25, -0.2) is 0 Å². The van der Waals surface area contributed by atoms with E-state index >= 15 is 24.0 Å². The van der Waals surface area contributed by atoms with E-state index in [1.807, 2.05) is 34.6 Å². The SMILES string of the molecule is CCCOC[C@H]1C(=O)N(C)CC(=O)N[C@@H](CCC2CCC(C(F)(F)F)C(Cl)C2)C(=O)N2CCC[C@H]2C(=O)NC2(CCCC2)C(=O)N(C)[C@@H]([C@@H](C)CC)C(=O)N(C)[C@H](C(=O)N2CCOCC2)CC(=O)N(C)[C@@H](CC(C)C)C(=O)N[C@@H]([C@@H](C)CC)C(=O)N(C)[C@@H](C)C(=O)N2CC[C@H]2C(=O)N1C. The first-order valence-corrected chi connectivity index (χ1v) is 36.3. The molecule has 12 amide bonds. The number of amides is 12. The van der Waals surface area contributed by atoms with Gasteiger partial charge in [-0.1, -0.05) is 74.1 Å². The molecule has 6 rings (SSSR count). The fraction of sp³-hybridized carbons (Fsp3) is 0.826. The molecule has 4 aliphatic heterocycles. The molecule has 2 aliphatic carbocycles. The van der Waals surface area contributed by atoms with Crippen LogP contribution in [0, 0.1) is 29.6 Å². The molecule has 14 atom stereocenters. The van der Waals surface area contributed by atoms with Crippen LogP contribution in [0.4, 0.5) is 13.2 Å². The number of fused-ring (bicyclic) bond motifs is 2. The summed E-state index contributed by atoms with van der Waals surface area (Å²) < 4.78 is 53.4. The maximum Gasteiger partial charge on any atom is 0.393 e. The van der Waals surface area contributed by atoms with Gasteiger partial charge in [0.2, 0.25) is 70.9 Å². The first-order valence-electron chi connectivity index (χ1n) is 35.8. The molecule has 30 heteroatoms. The van der Waals surface area contributed by atoms with E-state index in [1.54, 1.807) is 13.8 Å². The predicted molar refractivity (Wildman–Crippen MR) is 361 cm³/mol. The highest BCUT2D eigenvalue weighted by Gasteiger charge is 2.52. The number of nitrogens with zero attached hydrogens (tertiary/aromatic N) is 9. The van der Waals surface area contributed by atoms with Crippen molar-refractivity contribution in [2.75, 3.05) is 101 Å². The number of ether oxygens (including phenoxy) is 2. The molecule has 0 bridgehead atoms. The first kappa shape index (κ1) is 81.6. The summed E-state index contributed by atoms with van der Waals surface area (Å²) in [6.07, 6.45) is -1.81. The molecule has 99 heavy (non-hydrogen) atoms. The lowest BCUT2D eigenvalue weighted by Gasteiger charge is -2.45. The number of carbonyl (C=O) groups is 12. The normalized spacial score (nSPS) is 30.3. The number of carbonyl (C=O) groups excluding carboxylic acids is 12. The second-order valence-electron chi connectivity index (χ2n) is 29.1. The van der Waals surface area contributed by atoms with Gasteiger partial charge in [0.15, 0.2) is 0 Å². The lowest BCUT2D eigenvalue weighted by molar-refractivity contribution is -0.182. The van der Waals surface area contributed by atoms with Crippen molar-refractivity contribution >= 4 is 82.5 Å². The van der Waals surface area contributed by atoms with Crippen molar-refractivity contribution in [3.63, 3.8) is 0 Å². The Morgan fingerprint density at radius 1 is 0.667 bits per heavy atom. The molecule has 6 fully saturated rings. The summed E-state index contributed by atoms with van der Waals surface area (Å²) in [6.45, 7) is 14.3. The minimum Gasteiger partial charge on any atom is -0.379 e. The topological polar surface area (TPSA) is 289 Å². The molecule has 0 aromatic heterocycles. The quantitative estimate of drug-likeness (QED) is 0.165. The van der Waals surface area contributed by atoms with Gasteiger partial charge < -0.3 is 69.5 Å². The van der Waals surface area contributed by atoms with Crippen LogP contribution in [0.2, 0.25) is 0 Å². The number of nitrogens with one attached hydrogen (secondary N) is 3. The first-order chi connectivity index (χ1) is 46.6. The summed E-state index contributed by atoms with van der Waals surface area (Å²) in [5.41, 5.74) is -1.59. The largest absolute Gasteiger partial charge is 0.393 e. The average Bonchev–Trinajstić information content (AvgIpc) is 0.916. The van der Waals surface area contributed by atoms with E-state index in [9.17, 15) is 46.7 Å². The Morgan fingerprint density at radius 2 is 1.30 bits per heavy atom. The van der Waals surface area contributed by atoms with Gasteiger partial charge in [-0.3, -0.25) is 57.5 Å². The molecule has 4 heterocycles. The molecule has 3 N–H and O–H groups in total.